The number of rotatable bonds is 6. The Morgan fingerprint density at radius 2 is 1.91 bits per heavy atom. The summed E-state index contributed by atoms with van der Waals surface area (Å²) in [6.07, 6.45) is 3.85. The van der Waals surface area contributed by atoms with E-state index in [1.807, 2.05) is 0 Å². The number of benzene rings is 1. The highest BCUT2D eigenvalue weighted by Crippen LogP contribution is 2.39. The molecule has 1 N–H and O–H groups in total. The molecule has 1 saturated heterocycles. The number of aromatic nitrogens is 3. The number of nitro benzene ring substituents is 1. The van der Waals surface area contributed by atoms with Crippen molar-refractivity contribution in [3.63, 3.8) is 0 Å². The first-order valence-electron chi connectivity index (χ1n) is 10.1. The number of nitro groups is 1. The van der Waals surface area contributed by atoms with Crippen molar-refractivity contribution in [1.29, 1.82) is 0 Å². The fraction of sp³-hybridized carbons (Fsp3) is 0.368. The lowest BCUT2D eigenvalue weighted by Gasteiger charge is -2.38. The average molecular weight is 491 g/mol. The minimum absolute atomic E-state index is 0.0782. The van der Waals surface area contributed by atoms with Crippen LogP contribution in [0.1, 0.15) is 24.6 Å². The Morgan fingerprint density at radius 1 is 1.18 bits per heavy atom. The molecule has 3 aromatic rings. The van der Waals surface area contributed by atoms with Gasteiger partial charge < -0.3 is 10.0 Å². The van der Waals surface area contributed by atoms with E-state index in [4.69, 9.17) is 0 Å². The largest absolute Gasteiger partial charge is 0.480 e. The molecule has 172 valence electrons. The molecule has 0 amide bonds. The normalized spacial score (nSPS) is 19.6. The summed E-state index contributed by atoms with van der Waals surface area (Å²) >= 11 is 1.33. The molecule has 2 aliphatic rings. The van der Waals surface area contributed by atoms with Gasteiger partial charge in [0.15, 0.2) is 10.8 Å². The lowest BCUT2D eigenvalue weighted by atomic mass is 10.2. The first-order chi connectivity index (χ1) is 15.7. The van der Waals surface area contributed by atoms with Gasteiger partial charge in [-0.15, -0.1) is 0 Å². The molecule has 0 radical (unpaired) electrons. The second-order valence-electron chi connectivity index (χ2n) is 7.85. The van der Waals surface area contributed by atoms with E-state index in [1.54, 1.807) is 11.1 Å². The Bertz CT molecular complexity index is 1350. The number of piperazine rings is 1. The van der Waals surface area contributed by atoms with Crippen LogP contribution < -0.4 is 4.90 Å². The van der Waals surface area contributed by atoms with Crippen molar-refractivity contribution in [3.8, 4) is 0 Å². The topological polar surface area (TPSA) is 160 Å². The van der Waals surface area contributed by atoms with E-state index in [-0.39, 0.29) is 30.2 Å². The molecule has 1 aliphatic heterocycles. The van der Waals surface area contributed by atoms with Crippen molar-refractivity contribution < 1.29 is 23.2 Å². The maximum atomic E-state index is 13.1. The Balaban J connectivity index is 1.40. The first-order valence-corrected chi connectivity index (χ1v) is 12.4. The van der Waals surface area contributed by atoms with E-state index < -0.39 is 27.0 Å². The summed E-state index contributed by atoms with van der Waals surface area (Å²) < 4.78 is 27.9. The number of carboxylic acid groups (broad SMARTS) is 1. The van der Waals surface area contributed by atoms with Gasteiger partial charge in [-0.05, 0) is 25.0 Å². The number of hydrogen-bond donors (Lipinski definition) is 1. The molecule has 1 aromatic carbocycles. The van der Waals surface area contributed by atoms with E-state index >= 15 is 0 Å². The van der Waals surface area contributed by atoms with Crippen LogP contribution >= 0.6 is 11.3 Å². The van der Waals surface area contributed by atoms with E-state index in [0.29, 0.717) is 16.7 Å². The fourth-order valence-electron chi connectivity index (χ4n) is 3.72. The Hall–Kier alpha value is -3.23. The van der Waals surface area contributed by atoms with Crippen LogP contribution in [0.3, 0.4) is 0 Å². The van der Waals surface area contributed by atoms with E-state index in [0.717, 1.165) is 51.9 Å². The predicted octanol–water partition coefficient (Wildman–Crippen LogP) is 1.84. The molecule has 1 aliphatic carbocycles. The summed E-state index contributed by atoms with van der Waals surface area (Å²) in [5.41, 5.74) is 0.303. The van der Waals surface area contributed by atoms with Gasteiger partial charge in [-0.25, -0.2) is 18.4 Å². The van der Waals surface area contributed by atoms with E-state index in [9.17, 15) is 28.4 Å². The molecular formula is C19H18N6O6S2. The van der Waals surface area contributed by atoms with Crippen LogP contribution in [0.5, 0.6) is 0 Å². The average Bonchev–Trinajstić information content (AvgIpc) is 3.57. The maximum Gasteiger partial charge on any atom is 0.323 e. The second-order valence-corrected chi connectivity index (χ2v) is 10.8. The molecule has 2 aromatic heterocycles. The summed E-state index contributed by atoms with van der Waals surface area (Å²) in [5.74, 6) is -0.145. The van der Waals surface area contributed by atoms with Gasteiger partial charge in [-0.3, -0.25) is 14.9 Å². The van der Waals surface area contributed by atoms with E-state index in [1.165, 1.54) is 11.3 Å². The number of carboxylic acids is 1. The lowest BCUT2D eigenvalue weighted by Crippen LogP contribution is -2.58. The number of aliphatic carboxylic acids is 1. The van der Waals surface area contributed by atoms with Crippen molar-refractivity contribution in [2.24, 2.45) is 0 Å². The maximum absolute atomic E-state index is 13.1. The molecule has 14 heteroatoms. The number of nitrogens with zero attached hydrogens (tertiary/aromatic N) is 6. The van der Waals surface area contributed by atoms with Crippen molar-refractivity contribution >= 4 is 48.5 Å². The smallest absolute Gasteiger partial charge is 0.323 e. The van der Waals surface area contributed by atoms with Crippen LogP contribution in [0, 0.1) is 10.1 Å². The number of non-ortho nitro benzene ring substituents is 1. The molecule has 33 heavy (non-hydrogen) atoms. The van der Waals surface area contributed by atoms with Gasteiger partial charge in [0.05, 0.1) is 20.7 Å². The molecular weight excluding hydrogens is 472 g/mol. The lowest BCUT2D eigenvalue weighted by molar-refractivity contribution is -0.384. The predicted molar refractivity (Wildman–Crippen MR) is 118 cm³/mol. The van der Waals surface area contributed by atoms with Crippen LogP contribution in [0.25, 0.3) is 10.3 Å². The molecule has 2 fully saturated rings. The van der Waals surface area contributed by atoms with Crippen molar-refractivity contribution in [2.45, 2.75) is 29.7 Å². The van der Waals surface area contributed by atoms with Crippen molar-refractivity contribution in [3.05, 3.63) is 46.4 Å². The molecule has 1 saturated carbocycles. The molecule has 0 unspecified atom stereocenters. The van der Waals surface area contributed by atoms with Gasteiger partial charge in [0.2, 0.25) is 10.0 Å². The van der Waals surface area contributed by atoms with Crippen LogP contribution in [0.2, 0.25) is 0 Å². The molecule has 1 atom stereocenters. The number of hydrogen-bond acceptors (Lipinski definition) is 10. The summed E-state index contributed by atoms with van der Waals surface area (Å²) in [5, 5.41) is 21.2. The number of anilines is 1. The Labute approximate surface area is 191 Å². The van der Waals surface area contributed by atoms with Gasteiger partial charge in [-0.2, -0.15) is 9.29 Å². The molecule has 5 rings (SSSR count). The molecule has 12 nitrogen and oxygen atoms in total. The highest BCUT2D eigenvalue weighted by atomic mass is 32.2. The summed E-state index contributed by atoms with van der Waals surface area (Å²) in [7, 11) is -4.17. The van der Waals surface area contributed by atoms with Crippen LogP contribution in [-0.4, -0.2) is 69.4 Å². The second kappa shape index (κ2) is 7.97. The third kappa shape index (κ3) is 4.00. The minimum Gasteiger partial charge on any atom is -0.480 e. The van der Waals surface area contributed by atoms with Crippen molar-refractivity contribution in [1.82, 2.24) is 19.3 Å². The van der Waals surface area contributed by atoms with Crippen LogP contribution in [0.15, 0.2) is 35.4 Å². The van der Waals surface area contributed by atoms with Crippen LogP contribution in [0.4, 0.5) is 10.8 Å². The number of carbonyl (C=O) groups is 1. The Morgan fingerprint density at radius 3 is 2.55 bits per heavy atom. The molecule has 0 bridgehead atoms. The third-order valence-electron chi connectivity index (χ3n) is 5.64. The zero-order valence-corrected chi connectivity index (χ0v) is 18.7. The summed E-state index contributed by atoms with van der Waals surface area (Å²) in [6.45, 7) is 0.0637. The van der Waals surface area contributed by atoms with Gasteiger partial charge in [0, 0.05) is 37.7 Å². The van der Waals surface area contributed by atoms with Crippen molar-refractivity contribution in [2.75, 3.05) is 24.5 Å². The highest BCUT2D eigenvalue weighted by molar-refractivity contribution is 7.89. The van der Waals surface area contributed by atoms with Gasteiger partial charge >= 0.3 is 5.97 Å². The minimum atomic E-state index is -4.17. The number of thiazole rings is 1. The zero-order chi connectivity index (χ0) is 23.3. The molecule has 3 heterocycles. The van der Waals surface area contributed by atoms with Gasteiger partial charge in [-0.1, -0.05) is 11.3 Å². The SMILES string of the molecule is O=C(O)[C@H]1CN(c2nc3nc(C4CC4)ncc3s2)CCN1S(=O)(=O)c1ccc([N+](=O)[O-])cc1. The van der Waals surface area contributed by atoms with Gasteiger partial charge in [0.1, 0.15) is 11.9 Å². The number of sulfonamides is 1. The third-order valence-corrected chi connectivity index (χ3v) is 8.60. The molecule has 0 spiro atoms. The first kappa shape index (κ1) is 21.6. The van der Waals surface area contributed by atoms with Crippen LogP contribution in [-0.2, 0) is 14.8 Å². The standard InChI is InChI=1S/C19H18N6O6S2/c26-18(27)14-10-23(19-22-17-15(32-19)9-20-16(21-17)11-1-2-11)7-8-24(14)33(30,31)13-5-3-12(4-6-13)25(28)29/h3-6,9,11,14H,1-2,7-8,10H2,(H,26,27)/t14-/m1/s1. The highest BCUT2D eigenvalue weighted by Gasteiger charge is 2.41. The zero-order valence-electron chi connectivity index (χ0n) is 17.1. The van der Waals surface area contributed by atoms with Gasteiger partial charge in [0.25, 0.3) is 5.69 Å². The summed E-state index contributed by atoms with van der Waals surface area (Å²) in [4.78, 5) is 37.2. The fourth-order valence-corrected chi connectivity index (χ4v) is 6.19. The monoisotopic (exact) mass is 490 g/mol. The summed E-state index contributed by atoms with van der Waals surface area (Å²) in [6, 6.07) is 3.04. The Kier molecular flexibility index (Phi) is 5.22. The number of fused-ring (bicyclic) bond motifs is 1. The quantitative estimate of drug-likeness (QED) is 0.399. The van der Waals surface area contributed by atoms with E-state index in [2.05, 4.69) is 15.0 Å².